The number of rotatable bonds is 11. The summed E-state index contributed by atoms with van der Waals surface area (Å²) in [5, 5.41) is 3.58. The Hall–Kier alpha value is -2.85. The molecule has 0 aliphatic heterocycles. The lowest BCUT2D eigenvalue weighted by molar-refractivity contribution is 0.262. The highest BCUT2D eigenvalue weighted by molar-refractivity contribution is 5.47. The second-order valence-electron chi connectivity index (χ2n) is 7.36. The summed E-state index contributed by atoms with van der Waals surface area (Å²) in [6.07, 6.45) is 2.07. The van der Waals surface area contributed by atoms with Gasteiger partial charge in [0.15, 0.2) is 11.5 Å². The second kappa shape index (κ2) is 11.4. The van der Waals surface area contributed by atoms with Crippen LogP contribution in [0.4, 0.5) is 4.39 Å². The fourth-order valence-electron chi connectivity index (χ4n) is 3.31. The van der Waals surface area contributed by atoms with E-state index in [0.717, 1.165) is 18.4 Å². The molecule has 0 aromatic heterocycles. The molecule has 0 saturated heterocycles. The zero-order chi connectivity index (χ0) is 21.2. The van der Waals surface area contributed by atoms with Crippen LogP contribution in [0.25, 0.3) is 0 Å². The van der Waals surface area contributed by atoms with Crippen LogP contribution in [0.15, 0.2) is 72.8 Å². The molecule has 0 spiro atoms. The van der Waals surface area contributed by atoms with Gasteiger partial charge in [-0.25, -0.2) is 4.39 Å². The van der Waals surface area contributed by atoms with Gasteiger partial charge in [0.05, 0.1) is 6.61 Å². The third-order valence-corrected chi connectivity index (χ3v) is 5.04. The number of aryl methyl sites for hydroxylation is 1. The van der Waals surface area contributed by atoms with Crippen molar-refractivity contribution in [3.8, 4) is 11.5 Å². The first-order valence-electron chi connectivity index (χ1n) is 10.6. The molecule has 0 aliphatic rings. The lowest BCUT2D eigenvalue weighted by atomic mass is 10.1. The van der Waals surface area contributed by atoms with Crippen molar-refractivity contribution in [1.29, 1.82) is 0 Å². The second-order valence-corrected chi connectivity index (χ2v) is 7.36. The highest BCUT2D eigenvalue weighted by Gasteiger charge is 2.13. The topological polar surface area (TPSA) is 30.5 Å². The lowest BCUT2D eigenvalue weighted by Gasteiger charge is -2.19. The standard InChI is InChI=1S/C26H30FNO2/c1-3-29-25-15-9-13-22(26(25)30-19-23-12-7-8-14-24(23)27)18-28-20(2)16-17-21-10-5-4-6-11-21/h4-15,20,28H,3,16-19H2,1-2H3. The van der Waals surface area contributed by atoms with E-state index in [-0.39, 0.29) is 12.4 Å². The molecule has 4 heteroatoms. The van der Waals surface area contributed by atoms with Crippen molar-refractivity contribution in [2.75, 3.05) is 6.61 Å². The summed E-state index contributed by atoms with van der Waals surface area (Å²) in [4.78, 5) is 0. The third-order valence-electron chi connectivity index (χ3n) is 5.04. The Balaban J connectivity index is 1.64. The largest absolute Gasteiger partial charge is 0.490 e. The number of benzene rings is 3. The molecule has 0 radical (unpaired) electrons. The average molecular weight is 408 g/mol. The van der Waals surface area contributed by atoms with Gasteiger partial charge in [0.2, 0.25) is 0 Å². The summed E-state index contributed by atoms with van der Waals surface area (Å²) < 4.78 is 25.8. The molecule has 158 valence electrons. The van der Waals surface area contributed by atoms with Gasteiger partial charge in [-0.15, -0.1) is 0 Å². The van der Waals surface area contributed by atoms with E-state index in [1.54, 1.807) is 12.1 Å². The summed E-state index contributed by atoms with van der Waals surface area (Å²) in [6.45, 7) is 5.49. The molecule has 0 bridgehead atoms. The molecule has 30 heavy (non-hydrogen) atoms. The van der Waals surface area contributed by atoms with Gasteiger partial charge in [-0.1, -0.05) is 60.7 Å². The van der Waals surface area contributed by atoms with Crippen LogP contribution in [-0.2, 0) is 19.6 Å². The highest BCUT2D eigenvalue weighted by atomic mass is 19.1. The first-order chi connectivity index (χ1) is 14.7. The van der Waals surface area contributed by atoms with Gasteiger partial charge in [0, 0.05) is 23.7 Å². The molecule has 3 aromatic carbocycles. The van der Waals surface area contributed by atoms with Crippen LogP contribution < -0.4 is 14.8 Å². The monoisotopic (exact) mass is 407 g/mol. The van der Waals surface area contributed by atoms with Crippen LogP contribution >= 0.6 is 0 Å². The number of halogens is 1. The summed E-state index contributed by atoms with van der Waals surface area (Å²) >= 11 is 0. The van der Waals surface area contributed by atoms with E-state index in [4.69, 9.17) is 9.47 Å². The maximum absolute atomic E-state index is 14.0. The molecule has 1 atom stereocenters. The van der Waals surface area contributed by atoms with E-state index in [1.807, 2.05) is 37.3 Å². The number of ether oxygens (including phenoxy) is 2. The van der Waals surface area contributed by atoms with Crippen LogP contribution in [0.3, 0.4) is 0 Å². The van der Waals surface area contributed by atoms with Gasteiger partial charge in [-0.05, 0) is 44.4 Å². The van der Waals surface area contributed by atoms with Crippen LogP contribution in [0.1, 0.15) is 37.0 Å². The Morgan fingerprint density at radius 3 is 2.37 bits per heavy atom. The van der Waals surface area contributed by atoms with E-state index in [0.29, 0.717) is 36.3 Å². The fourth-order valence-corrected chi connectivity index (χ4v) is 3.31. The van der Waals surface area contributed by atoms with Crippen LogP contribution in [0.5, 0.6) is 11.5 Å². The molecule has 0 amide bonds. The number of hydrogen-bond donors (Lipinski definition) is 1. The third kappa shape index (κ3) is 6.33. The Bertz CT molecular complexity index is 914. The number of nitrogens with one attached hydrogen (secondary N) is 1. The number of hydrogen-bond acceptors (Lipinski definition) is 3. The molecular weight excluding hydrogens is 377 g/mol. The normalized spacial score (nSPS) is 11.8. The Morgan fingerprint density at radius 2 is 1.60 bits per heavy atom. The highest BCUT2D eigenvalue weighted by Crippen LogP contribution is 2.32. The van der Waals surface area contributed by atoms with Crippen molar-refractivity contribution in [3.05, 3.63) is 95.3 Å². The summed E-state index contributed by atoms with van der Waals surface area (Å²) in [6, 6.07) is 23.4. The SMILES string of the molecule is CCOc1cccc(CNC(C)CCc2ccccc2)c1OCc1ccccc1F. The smallest absolute Gasteiger partial charge is 0.166 e. The minimum Gasteiger partial charge on any atom is -0.490 e. The van der Waals surface area contributed by atoms with Crippen molar-refractivity contribution in [2.24, 2.45) is 0 Å². The summed E-state index contributed by atoms with van der Waals surface area (Å²) in [7, 11) is 0. The first-order valence-corrected chi connectivity index (χ1v) is 10.6. The number of para-hydroxylation sites is 1. The van der Waals surface area contributed by atoms with E-state index >= 15 is 0 Å². The Kier molecular flexibility index (Phi) is 8.28. The van der Waals surface area contributed by atoms with Crippen LogP contribution in [0, 0.1) is 5.82 Å². The predicted octanol–water partition coefficient (Wildman–Crippen LogP) is 5.91. The van der Waals surface area contributed by atoms with Crippen molar-refractivity contribution < 1.29 is 13.9 Å². The zero-order valence-electron chi connectivity index (χ0n) is 17.7. The first kappa shape index (κ1) is 21.8. The molecule has 3 nitrogen and oxygen atoms in total. The van der Waals surface area contributed by atoms with Crippen LogP contribution in [0.2, 0.25) is 0 Å². The van der Waals surface area contributed by atoms with E-state index in [1.165, 1.54) is 11.6 Å². The van der Waals surface area contributed by atoms with Crippen LogP contribution in [-0.4, -0.2) is 12.6 Å². The fraction of sp³-hybridized carbons (Fsp3) is 0.308. The molecule has 0 heterocycles. The maximum atomic E-state index is 14.0. The van der Waals surface area contributed by atoms with Gasteiger partial charge in [-0.3, -0.25) is 0 Å². The molecular formula is C26H30FNO2. The molecule has 3 aromatic rings. The Labute approximate surface area is 178 Å². The van der Waals surface area contributed by atoms with E-state index < -0.39 is 0 Å². The lowest BCUT2D eigenvalue weighted by Crippen LogP contribution is -2.26. The molecule has 1 unspecified atom stereocenters. The summed E-state index contributed by atoms with van der Waals surface area (Å²) in [5.74, 6) is 1.09. The minimum absolute atomic E-state index is 0.160. The molecule has 0 saturated carbocycles. The molecule has 0 fully saturated rings. The van der Waals surface area contributed by atoms with E-state index in [9.17, 15) is 4.39 Å². The predicted molar refractivity (Wildman–Crippen MR) is 119 cm³/mol. The quantitative estimate of drug-likeness (QED) is 0.428. The van der Waals surface area contributed by atoms with Crippen molar-refractivity contribution >= 4 is 0 Å². The molecule has 1 N–H and O–H groups in total. The van der Waals surface area contributed by atoms with Gasteiger partial charge in [0.1, 0.15) is 12.4 Å². The van der Waals surface area contributed by atoms with E-state index in [2.05, 4.69) is 36.5 Å². The minimum atomic E-state index is -0.263. The maximum Gasteiger partial charge on any atom is 0.166 e. The Morgan fingerprint density at radius 1 is 0.867 bits per heavy atom. The van der Waals surface area contributed by atoms with Gasteiger partial charge in [-0.2, -0.15) is 0 Å². The van der Waals surface area contributed by atoms with Crippen molar-refractivity contribution in [2.45, 2.75) is 45.9 Å². The summed E-state index contributed by atoms with van der Waals surface area (Å²) in [5.41, 5.74) is 2.88. The molecule has 3 rings (SSSR count). The zero-order valence-corrected chi connectivity index (χ0v) is 17.7. The van der Waals surface area contributed by atoms with Crippen molar-refractivity contribution in [3.63, 3.8) is 0 Å². The van der Waals surface area contributed by atoms with Gasteiger partial charge in [0.25, 0.3) is 0 Å². The molecule has 0 aliphatic carbocycles. The van der Waals surface area contributed by atoms with Gasteiger partial charge < -0.3 is 14.8 Å². The van der Waals surface area contributed by atoms with Crippen molar-refractivity contribution in [1.82, 2.24) is 5.32 Å². The average Bonchev–Trinajstić information content (AvgIpc) is 2.77. The van der Waals surface area contributed by atoms with Gasteiger partial charge >= 0.3 is 0 Å².